The number of unbranched alkanes of at least 4 members (excludes halogenated alkanes) is 1. The van der Waals surface area contributed by atoms with E-state index in [1.807, 2.05) is 13.2 Å². The van der Waals surface area contributed by atoms with Crippen LogP contribution in [0.2, 0.25) is 0 Å². The van der Waals surface area contributed by atoms with Gasteiger partial charge in [0, 0.05) is 23.5 Å². The van der Waals surface area contributed by atoms with Crippen molar-refractivity contribution in [1.82, 2.24) is 5.32 Å². The van der Waals surface area contributed by atoms with Gasteiger partial charge < -0.3 is 10.6 Å². The van der Waals surface area contributed by atoms with Crippen LogP contribution in [-0.2, 0) is 10.0 Å². The Morgan fingerprint density at radius 1 is 0.889 bits per heavy atom. The van der Waals surface area contributed by atoms with Crippen molar-refractivity contribution in [2.24, 2.45) is 0 Å². The average molecular weight is 526 g/mol. The Morgan fingerprint density at radius 3 is 2.17 bits per heavy atom. The first kappa shape index (κ1) is 27.3. The summed E-state index contributed by atoms with van der Waals surface area (Å²) in [6.07, 6.45) is 3.77. The molecule has 3 aromatic rings. The number of hydrogen-bond acceptors (Lipinski definition) is 5. The average Bonchev–Trinajstić information content (AvgIpc) is 2.89. The van der Waals surface area contributed by atoms with Crippen LogP contribution in [-0.4, -0.2) is 39.6 Å². The number of anilines is 2. The van der Waals surface area contributed by atoms with Crippen molar-refractivity contribution >= 4 is 45.0 Å². The van der Waals surface area contributed by atoms with Crippen LogP contribution in [0.25, 0.3) is 0 Å². The van der Waals surface area contributed by atoms with Gasteiger partial charge in [0.2, 0.25) is 0 Å². The third-order valence-electron chi connectivity index (χ3n) is 5.59. The molecule has 0 aliphatic heterocycles. The summed E-state index contributed by atoms with van der Waals surface area (Å²) in [7, 11) is -3.76. The van der Waals surface area contributed by atoms with E-state index < -0.39 is 15.9 Å². The maximum absolute atomic E-state index is 13.2. The molecule has 36 heavy (non-hydrogen) atoms. The summed E-state index contributed by atoms with van der Waals surface area (Å²) in [6.45, 7) is 4.61. The van der Waals surface area contributed by atoms with Gasteiger partial charge in [-0.2, -0.15) is 0 Å². The van der Waals surface area contributed by atoms with Gasteiger partial charge in [0.1, 0.15) is 0 Å². The molecule has 0 saturated carbocycles. The molecule has 2 amide bonds. The molecule has 3 rings (SSSR count). The monoisotopic (exact) mass is 525 g/mol. The molecule has 0 aliphatic rings. The van der Waals surface area contributed by atoms with Crippen molar-refractivity contribution in [2.45, 2.75) is 36.5 Å². The molecule has 9 heteroatoms. The molecule has 3 aromatic carbocycles. The molecule has 0 atom stereocenters. The second kappa shape index (κ2) is 12.6. The number of sulfonamides is 1. The van der Waals surface area contributed by atoms with Gasteiger partial charge in [0.05, 0.1) is 21.8 Å². The van der Waals surface area contributed by atoms with Gasteiger partial charge in [-0.1, -0.05) is 25.5 Å². The number of benzene rings is 3. The quantitative estimate of drug-likeness (QED) is 0.258. The van der Waals surface area contributed by atoms with Gasteiger partial charge in [-0.3, -0.25) is 13.9 Å². The van der Waals surface area contributed by atoms with Gasteiger partial charge in [-0.15, -0.1) is 11.8 Å². The maximum atomic E-state index is 13.2. The molecule has 0 spiro atoms. The zero-order valence-corrected chi connectivity index (χ0v) is 22.3. The van der Waals surface area contributed by atoms with E-state index in [9.17, 15) is 18.0 Å². The Bertz CT molecular complexity index is 1290. The highest BCUT2D eigenvalue weighted by Crippen LogP contribution is 2.26. The predicted molar refractivity (Wildman–Crippen MR) is 147 cm³/mol. The molecule has 7 nitrogen and oxygen atoms in total. The Kier molecular flexibility index (Phi) is 9.55. The SMILES string of the molecule is CCCCNC(=O)c1ccccc1NC(=O)c1ccc(N(CC)S(=O)(=O)c2ccc(SC)cc2)cc1. The van der Waals surface area contributed by atoms with Gasteiger partial charge in [-0.05, 0) is 80.3 Å². The lowest BCUT2D eigenvalue weighted by Gasteiger charge is -2.23. The van der Waals surface area contributed by atoms with Crippen molar-refractivity contribution in [1.29, 1.82) is 0 Å². The van der Waals surface area contributed by atoms with Gasteiger partial charge in [-0.25, -0.2) is 8.42 Å². The van der Waals surface area contributed by atoms with Crippen molar-refractivity contribution in [3.8, 4) is 0 Å². The fourth-order valence-electron chi connectivity index (χ4n) is 3.60. The Morgan fingerprint density at radius 2 is 1.56 bits per heavy atom. The maximum Gasteiger partial charge on any atom is 0.264 e. The number of rotatable bonds is 11. The number of amides is 2. The number of para-hydroxylation sites is 1. The van der Waals surface area contributed by atoms with Gasteiger partial charge in [0.15, 0.2) is 0 Å². The first-order chi connectivity index (χ1) is 17.3. The van der Waals surface area contributed by atoms with Crippen LogP contribution >= 0.6 is 11.8 Å². The fourth-order valence-corrected chi connectivity index (χ4v) is 5.49. The van der Waals surface area contributed by atoms with Crippen LogP contribution in [0.3, 0.4) is 0 Å². The largest absolute Gasteiger partial charge is 0.352 e. The van der Waals surface area contributed by atoms with Gasteiger partial charge in [0.25, 0.3) is 21.8 Å². The van der Waals surface area contributed by atoms with Crippen molar-refractivity contribution < 1.29 is 18.0 Å². The van der Waals surface area contributed by atoms with Crippen LogP contribution in [0.4, 0.5) is 11.4 Å². The molecule has 0 saturated heterocycles. The third kappa shape index (κ3) is 6.47. The molecule has 0 aromatic heterocycles. The highest BCUT2D eigenvalue weighted by Gasteiger charge is 2.24. The molecule has 0 radical (unpaired) electrons. The summed E-state index contributed by atoms with van der Waals surface area (Å²) >= 11 is 1.54. The van der Waals surface area contributed by atoms with E-state index in [4.69, 9.17) is 0 Å². The topological polar surface area (TPSA) is 95.6 Å². The predicted octanol–water partition coefficient (Wildman–Crippen LogP) is 5.41. The van der Waals surface area contributed by atoms with E-state index in [1.165, 1.54) is 4.31 Å². The number of carbonyl (C=O) groups is 2. The highest BCUT2D eigenvalue weighted by molar-refractivity contribution is 7.98. The minimum atomic E-state index is -3.76. The highest BCUT2D eigenvalue weighted by atomic mass is 32.2. The van der Waals surface area contributed by atoms with Crippen LogP contribution in [0, 0.1) is 0 Å². The first-order valence-corrected chi connectivity index (χ1v) is 14.4. The minimum Gasteiger partial charge on any atom is -0.352 e. The molecular weight excluding hydrogens is 494 g/mol. The van der Waals surface area contributed by atoms with E-state index >= 15 is 0 Å². The molecule has 2 N–H and O–H groups in total. The lowest BCUT2D eigenvalue weighted by molar-refractivity contribution is 0.0954. The second-order valence-electron chi connectivity index (χ2n) is 8.00. The minimum absolute atomic E-state index is 0.206. The van der Waals surface area contributed by atoms with Crippen molar-refractivity contribution in [3.63, 3.8) is 0 Å². The van der Waals surface area contributed by atoms with E-state index in [1.54, 1.807) is 91.5 Å². The molecule has 190 valence electrons. The fraction of sp³-hybridized carbons (Fsp3) is 0.259. The standard InChI is InChI=1S/C27H31N3O4S2/c1-4-6-19-28-27(32)24-9-7-8-10-25(24)29-26(31)20-11-13-21(14-12-20)30(5-2)36(33,34)23-17-15-22(35-3)16-18-23/h7-18H,4-6,19H2,1-3H3,(H,28,32)(H,29,31). The molecular formula is C27H31N3O4S2. The third-order valence-corrected chi connectivity index (χ3v) is 8.25. The molecule has 0 aliphatic carbocycles. The van der Waals surface area contributed by atoms with Crippen LogP contribution < -0.4 is 14.9 Å². The normalized spacial score (nSPS) is 11.1. The smallest absolute Gasteiger partial charge is 0.264 e. The zero-order valence-electron chi connectivity index (χ0n) is 20.7. The van der Waals surface area contributed by atoms with Crippen LogP contribution in [0.15, 0.2) is 82.6 Å². The lowest BCUT2D eigenvalue weighted by atomic mass is 10.1. The van der Waals surface area contributed by atoms with Crippen LogP contribution in [0.1, 0.15) is 47.4 Å². The summed E-state index contributed by atoms with van der Waals surface area (Å²) in [5.41, 5.74) is 1.60. The summed E-state index contributed by atoms with van der Waals surface area (Å²) in [6, 6.07) is 19.9. The summed E-state index contributed by atoms with van der Waals surface area (Å²) in [5, 5.41) is 5.65. The Hall–Kier alpha value is -3.30. The Balaban J connectivity index is 1.77. The number of thioether (sulfide) groups is 1. The van der Waals surface area contributed by atoms with Crippen LogP contribution in [0.5, 0.6) is 0 Å². The molecule has 0 heterocycles. The summed E-state index contributed by atoms with van der Waals surface area (Å²) < 4.78 is 27.7. The lowest BCUT2D eigenvalue weighted by Crippen LogP contribution is -2.30. The summed E-state index contributed by atoms with van der Waals surface area (Å²) in [4.78, 5) is 26.6. The number of hydrogen-bond donors (Lipinski definition) is 2. The number of carbonyl (C=O) groups excluding carboxylic acids is 2. The number of nitrogens with zero attached hydrogens (tertiary/aromatic N) is 1. The van der Waals surface area contributed by atoms with Crippen molar-refractivity contribution in [3.05, 3.63) is 83.9 Å². The molecule has 0 bridgehead atoms. The van der Waals surface area contributed by atoms with Crippen molar-refractivity contribution in [2.75, 3.05) is 29.0 Å². The zero-order chi connectivity index (χ0) is 26.1. The Labute approximate surface area is 217 Å². The molecule has 0 unspecified atom stereocenters. The van der Waals surface area contributed by atoms with Gasteiger partial charge >= 0.3 is 0 Å². The van der Waals surface area contributed by atoms with E-state index in [-0.39, 0.29) is 17.3 Å². The summed E-state index contributed by atoms with van der Waals surface area (Å²) in [5.74, 6) is -0.641. The number of nitrogens with one attached hydrogen (secondary N) is 2. The van der Waals surface area contributed by atoms with E-state index in [0.29, 0.717) is 29.0 Å². The van der Waals surface area contributed by atoms with E-state index in [0.717, 1.165) is 17.7 Å². The van der Waals surface area contributed by atoms with E-state index in [2.05, 4.69) is 10.6 Å². The second-order valence-corrected chi connectivity index (χ2v) is 10.7. The first-order valence-electron chi connectivity index (χ1n) is 11.8. The molecule has 0 fully saturated rings.